The number of nitrogens with zero attached hydrogens (tertiary/aromatic N) is 1. The molecule has 1 unspecified atom stereocenters. The van der Waals surface area contributed by atoms with Gasteiger partial charge >= 0.3 is 0 Å². The minimum atomic E-state index is -0.220. The number of fused-ring (bicyclic) bond motifs is 1. The number of hydrogen-bond acceptors (Lipinski definition) is 2. The summed E-state index contributed by atoms with van der Waals surface area (Å²) in [5.74, 6) is -0.0102. The lowest BCUT2D eigenvalue weighted by atomic mass is 9.88. The summed E-state index contributed by atoms with van der Waals surface area (Å²) in [7, 11) is 0. The molecule has 0 spiro atoms. The Morgan fingerprint density at radius 2 is 1.71 bits per heavy atom. The molecular weight excluding hydrogens is 301 g/mol. The molecule has 1 atom stereocenters. The van der Waals surface area contributed by atoms with Gasteiger partial charge in [0.2, 0.25) is 0 Å². The van der Waals surface area contributed by atoms with Gasteiger partial charge in [0.05, 0.1) is 0 Å². The van der Waals surface area contributed by atoms with E-state index in [0.29, 0.717) is 6.42 Å². The van der Waals surface area contributed by atoms with Crippen LogP contribution < -0.4 is 0 Å². The van der Waals surface area contributed by atoms with Crippen LogP contribution in [0.15, 0.2) is 66.9 Å². The number of hydrogen-bond donors (Lipinski definition) is 0. The molecule has 0 amide bonds. The van der Waals surface area contributed by atoms with E-state index in [-0.39, 0.29) is 17.6 Å². The minimum absolute atomic E-state index is 0.209. The van der Waals surface area contributed by atoms with Gasteiger partial charge in [-0.05, 0) is 35.3 Å². The van der Waals surface area contributed by atoms with Crippen molar-refractivity contribution >= 4 is 16.9 Å². The van der Waals surface area contributed by atoms with Crippen LogP contribution in [0, 0.1) is 5.82 Å². The Labute approximate surface area is 140 Å². The highest BCUT2D eigenvalue weighted by Crippen LogP contribution is 2.32. The highest BCUT2D eigenvalue weighted by Gasteiger charge is 2.30. The normalized spacial score (nSPS) is 20.3. The first-order valence-electron chi connectivity index (χ1n) is 8.22. The number of carbonyl (C=O) groups is 1. The van der Waals surface area contributed by atoms with Crippen molar-refractivity contribution in [3.05, 3.63) is 83.8 Å². The van der Waals surface area contributed by atoms with Crippen molar-refractivity contribution in [3.8, 4) is 0 Å². The average molecular weight is 319 g/mol. The molecule has 2 aromatic rings. The average Bonchev–Trinajstić information content (AvgIpc) is 2.62. The summed E-state index contributed by atoms with van der Waals surface area (Å²) >= 11 is 0. The summed E-state index contributed by atoms with van der Waals surface area (Å²) in [6.45, 7) is 0.750. The van der Waals surface area contributed by atoms with Gasteiger partial charge in [-0.25, -0.2) is 4.39 Å². The molecule has 0 radical (unpaired) electrons. The summed E-state index contributed by atoms with van der Waals surface area (Å²) in [4.78, 5) is 14.7. The van der Waals surface area contributed by atoms with Gasteiger partial charge in [0.25, 0.3) is 0 Å². The van der Waals surface area contributed by atoms with Crippen LogP contribution in [0.2, 0.25) is 0 Å². The van der Waals surface area contributed by atoms with Gasteiger partial charge in [0, 0.05) is 30.8 Å². The van der Waals surface area contributed by atoms with Crippen LogP contribution in [0.5, 0.6) is 0 Å². The molecule has 2 heterocycles. The first-order valence-corrected chi connectivity index (χ1v) is 8.22. The van der Waals surface area contributed by atoms with Crippen LogP contribution in [-0.2, 0) is 4.79 Å². The first kappa shape index (κ1) is 14.9. The zero-order valence-corrected chi connectivity index (χ0v) is 13.3. The minimum Gasteiger partial charge on any atom is -0.369 e. The van der Waals surface area contributed by atoms with E-state index in [9.17, 15) is 9.18 Å². The van der Waals surface area contributed by atoms with E-state index < -0.39 is 0 Å². The SMILES string of the molecule is O=C1CC2CC=C(c3ccc(F)cc3)CN2C=C1c1ccccc1. The molecule has 0 fully saturated rings. The van der Waals surface area contributed by atoms with Crippen molar-refractivity contribution in [2.75, 3.05) is 6.54 Å². The Balaban J connectivity index is 1.63. The summed E-state index contributed by atoms with van der Waals surface area (Å²) in [5, 5.41) is 0. The number of Topliss-reactive ketones (excluding diaryl/α,β-unsaturated/α-hetero) is 1. The fourth-order valence-electron chi connectivity index (χ4n) is 3.44. The maximum Gasteiger partial charge on any atom is 0.166 e. The van der Waals surface area contributed by atoms with E-state index in [0.717, 1.165) is 29.7 Å². The number of allylic oxidation sites excluding steroid dienone is 1. The Morgan fingerprint density at radius 3 is 2.46 bits per heavy atom. The Kier molecular flexibility index (Phi) is 3.77. The van der Waals surface area contributed by atoms with Gasteiger partial charge in [-0.1, -0.05) is 48.5 Å². The van der Waals surface area contributed by atoms with Crippen LogP contribution >= 0.6 is 0 Å². The summed E-state index contributed by atoms with van der Waals surface area (Å²) in [5.41, 5.74) is 3.98. The second kappa shape index (κ2) is 6.08. The number of halogens is 1. The smallest absolute Gasteiger partial charge is 0.166 e. The Hall–Kier alpha value is -2.68. The molecular formula is C21H18FNO. The maximum absolute atomic E-state index is 13.1. The topological polar surface area (TPSA) is 20.3 Å². The molecule has 0 saturated carbocycles. The van der Waals surface area contributed by atoms with Crippen molar-refractivity contribution in [2.45, 2.75) is 18.9 Å². The van der Waals surface area contributed by atoms with E-state index in [4.69, 9.17) is 0 Å². The van der Waals surface area contributed by atoms with Crippen molar-refractivity contribution in [2.24, 2.45) is 0 Å². The molecule has 0 saturated heterocycles. The molecule has 2 aliphatic rings. The monoisotopic (exact) mass is 319 g/mol. The maximum atomic E-state index is 13.1. The van der Waals surface area contributed by atoms with Crippen molar-refractivity contribution < 1.29 is 9.18 Å². The molecule has 120 valence electrons. The second-order valence-corrected chi connectivity index (χ2v) is 6.33. The third kappa shape index (κ3) is 2.78. The van der Waals surface area contributed by atoms with E-state index in [1.165, 1.54) is 17.7 Å². The van der Waals surface area contributed by atoms with Crippen LogP contribution in [0.1, 0.15) is 24.0 Å². The standard InChI is InChI=1S/C21H18FNO/c22-18-9-6-15(7-10-18)17-8-11-19-12-21(24)20(14-23(19)13-17)16-4-2-1-3-5-16/h1-10,14,19H,11-13H2. The number of carbonyl (C=O) groups excluding carboxylic acids is 1. The highest BCUT2D eigenvalue weighted by atomic mass is 19.1. The van der Waals surface area contributed by atoms with E-state index in [2.05, 4.69) is 11.0 Å². The predicted molar refractivity (Wildman–Crippen MR) is 93.5 cm³/mol. The van der Waals surface area contributed by atoms with E-state index in [1.807, 2.05) is 48.7 Å². The lowest BCUT2D eigenvalue weighted by Crippen LogP contribution is -2.40. The summed E-state index contributed by atoms with van der Waals surface area (Å²) in [6, 6.07) is 16.7. The molecule has 2 aromatic carbocycles. The third-order valence-electron chi connectivity index (χ3n) is 4.77. The van der Waals surface area contributed by atoms with Gasteiger partial charge in [0.15, 0.2) is 5.78 Å². The second-order valence-electron chi connectivity index (χ2n) is 6.33. The lowest BCUT2D eigenvalue weighted by Gasteiger charge is -2.38. The highest BCUT2D eigenvalue weighted by molar-refractivity contribution is 6.21. The molecule has 0 aromatic heterocycles. The molecule has 2 aliphatic heterocycles. The first-order chi connectivity index (χ1) is 11.7. The third-order valence-corrected chi connectivity index (χ3v) is 4.77. The number of rotatable bonds is 2. The van der Waals surface area contributed by atoms with Gasteiger partial charge < -0.3 is 4.90 Å². The Bertz CT molecular complexity index is 821. The molecule has 4 rings (SSSR count). The molecule has 0 N–H and O–H groups in total. The van der Waals surface area contributed by atoms with Crippen molar-refractivity contribution in [1.29, 1.82) is 0 Å². The molecule has 2 nitrogen and oxygen atoms in total. The van der Waals surface area contributed by atoms with E-state index >= 15 is 0 Å². The largest absolute Gasteiger partial charge is 0.369 e. The Morgan fingerprint density at radius 1 is 0.958 bits per heavy atom. The van der Waals surface area contributed by atoms with E-state index in [1.54, 1.807) is 0 Å². The van der Waals surface area contributed by atoms with Crippen LogP contribution in [0.4, 0.5) is 4.39 Å². The van der Waals surface area contributed by atoms with Gasteiger partial charge in [0.1, 0.15) is 5.82 Å². The molecule has 0 bridgehead atoms. The molecule has 0 aliphatic carbocycles. The fourth-order valence-corrected chi connectivity index (χ4v) is 3.44. The van der Waals surface area contributed by atoms with Crippen LogP contribution in [-0.4, -0.2) is 23.3 Å². The van der Waals surface area contributed by atoms with Crippen molar-refractivity contribution in [1.82, 2.24) is 4.90 Å². The van der Waals surface area contributed by atoms with Crippen LogP contribution in [0.25, 0.3) is 11.1 Å². The lowest BCUT2D eigenvalue weighted by molar-refractivity contribution is -0.115. The van der Waals surface area contributed by atoms with Gasteiger partial charge in [-0.3, -0.25) is 4.79 Å². The quantitative estimate of drug-likeness (QED) is 0.822. The number of ketones is 1. The fraction of sp³-hybridized carbons (Fsp3) is 0.190. The zero-order valence-electron chi connectivity index (χ0n) is 13.3. The van der Waals surface area contributed by atoms with Gasteiger partial charge in [-0.15, -0.1) is 0 Å². The van der Waals surface area contributed by atoms with Crippen LogP contribution in [0.3, 0.4) is 0 Å². The predicted octanol–water partition coefficient (Wildman–Crippen LogP) is 4.30. The van der Waals surface area contributed by atoms with Gasteiger partial charge in [-0.2, -0.15) is 0 Å². The summed E-state index contributed by atoms with van der Waals surface area (Å²) in [6.07, 6.45) is 5.58. The zero-order chi connectivity index (χ0) is 16.5. The molecule has 3 heteroatoms. The van der Waals surface area contributed by atoms with Crippen molar-refractivity contribution in [3.63, 3.8) is 0 Å². The molecule has 24 heavy (non-hydrogen) atoms. The summed E-state index contributed by atoms with van der Waals surface area (Å²) < 4.78 is 13.1. The number of benzene rings is 2.